The minimum Gasteiger partial charge on any atom is -0.380 e. The number of methoxy groups -OCH3 is 1. The molecule has 1 saturated heterocycles. The van der Waals surface area contributed by atoms with Gasteiger partial charge in [-0.15, -0.1) is 0 Å². The molecule has 0 aromatic rings. The molecule has 1 aliphatic rings. The summed E-state index contributed by atoms with van der Waals surface area (Å²) in [7, 11) is 3.91. The van der Waals surface area contributed by atoms with Gasteiger partial charge in [0.2, 0.25) is 0 Å². The van der Waals surface area contributed by atoms with E-state index in [0.29, 0.717) is 12.1 Å². The molecule has 0 amide bonds. The third-order valence-electron chi connectivity index (χ3n) is 2.35. The van der Waals surface area contributed by atoms with Gasteiger partial charge in [0.1, 0.15) is 0 Å². The van der Waals surface area contributed by atoms with Crippen molar-refractivity contribution in [2.75, 3.05) is 33.8 Å². The first kappa shape index (κ1) is 17.3. The molecule has 0 radical (unpaired) electrons. The van der Waals surface area contributed by atoms with Crippen LogP contribution in [0.2, 0.25) is 0 Å². The van der Waals surface area contributed by atoms with Gasteiger partial charge in [0.25, 0.3) is 0 Å². The summed E-state index contributed by atoms with van der Waals surface area (Å²) in [5.41, 5.74) is 0. The Balaban J connectivity index is 0. The maximum atomic E-state index is 5.25. The maximum Gasteiger partial charge on any atom is 0.0708 e. The molecule has 1 aliphatic heterocycles. The van der Waals surface area contributed by atoms with Crippen molar-refractivity contribution in [3.05, 3.63) is 0 Å². The lowest BCUT2D eigenvalue weighted by Crippen LogP contribution is -2.54. The number of hydrogen-bond acceptors (Lipinski definition) is 3. The first-order valence-corrected chi connectivity index (χ1v) is 6.18. The van der Waals surface area contributed by atoms with Crippen molar-refractivity contribution < 1.29 is 4.74 Å². The van der Waals surface area contributed by atoms with Crippen molar-refractivity contribution in [3.8, 4) is 0 Å². The molecule has 0 saturated carbocycles. The Morgan fingerprint density at radius 3 is 2.20 bits per heavy atom. The second-order valence-corrected chi connectivity index (χ2v) is 3.26. The Bertz CT molecular complexity index is 120. The molecular formula is C12H30N2O. The number of nitrogens with one attached hydrogen (secondary N) is 1. The van der Waals surface area contributed by atoms with Crippen LogP contribution >= 0.6 is 0 Å². The van der Waals surface area contributed by atoms with E-state index in [1.807, 2.05) is 27.7 Å². The van der Waals surface area contributed by atoms with Gasteiger partial charge >= 0.3 is 0 Å². The van der Waals surface area contributed by atoms with E-state index in [9.17, 15) is 0 Å². The molecule has 0 spiro atoms. The van der Waals surface area contributed by atoms with Crippen LogP contribution in [0.3, 0.4) is 0 Å². The number of likely N-dealkylation sites (N-methyl/N-ethyl adjacent to an activating group) is 1. The van der Waals surface area contributed by atoms with E-state index in [2.05, 4.69) is 24.2 Å². The van der Waals surface area contributed by atoms with Crippen molar-refractivity contribution in [2.24, 2.45) is 0 Å². The van der Waals surface area contributed by atoms with Gasteiger partial charge < -0.3 is 15.0 Å². The van der Waals surface area contributed by atoms with Gasteiger partial charge in [0.15, 0.2) is 0 Å². The highest BCUT2D eigenvalue weighted by Crippen LogP contribution is 2.02. The van der Waals surface area contributed by atoms with Gasteiger partial charge in [-0.1, -0.05) is 27.7 Å². The van der Waals surface area contributed by atoms with E-state index in [1.165, 1.54) is 0 Å². The summed E-state index contributed by atoms with van der Waals surface area (Å²) in [5.74, 6) is 0. The summed E-state index contributed by atoms with van der Waals surface area (Å²) in [6.45, 7) is 13.4. The van der Waals surface area contributed by atoms with E-state index < -0.39 is 0 Å². The largest absolute Gasteiger partial charge is 0.380 e. The van der Waals surface area contributed by atoms with E-state index >= 15 is 0 Å². The molecule has 0 bridgehead atoms. The second-order valence-electron chi connectivity index (χ2n) is 3.26. The van der Waals surface area contributed by atoms with E-state index in [4.69, 9.17) is 4.74 Å². The molecule has 0 aromatic carbocycles. The highest BCUT2D eigenvalue weighted by atomic mass is 16.5. The topological polar surface area (TPSA) is 24.5 Å². The van der Waals surface area contributed by atoms with Gasteiger partial charge in [0, 0.05) is 32.8 Å². The number of hydrogen-bond donors (Lipinski definition) is 1. The second kappa shape index (κ2) is 12.0. The van der Waals surface area contributed by atoms with Crippen LogP contribution in [0.4, 0.5) is 0 Å². The molecule has 1 fully saturated rings. The van der Waals surface area contributed by atoms with Crippen molar-refractivity contribution in [2.45, 2.75) is 46.8 Å². The summed E-state index contributed by atoms with van der Waals surface area (Å²) in [4.78, 5) is 2.33. The molecule has 2 atom stereocenters. The molecule has 1 N–H and O–H groups in total. The first-order chi connectivity index (χ1) is 7.24. The van der Waals surface area contributed by atoms with Crippen LogP contribution in [0, 0.1) is 0 Å². The minimum absolute atomic E-state index is 0.317. The van der Waals surface area contributed by atoms with Gasteiger partial charge in [-0.2, -0.15) is 0 Å². The van der Waals surface area contributed by atoms with E-state index in [1.54, 1.807) is 7.11 Å². The number of ether oxygens (including phenoxy) is 1. The normalized spacial score (nSPS) is 23.0. The summed E-state index contributed by atoms with van der Waals surface area (Å²) >= 11 is 0. The predicted octanol–water partition coefficient (Wildman–Crippen LogP) is 1.98. The Kier molecular flexibility index (Phi) is 13.8. The van der Waals surface area contributed by atoms with Crippen LogP contribution in [0.15, 0.2) is 0 Å². The third-order valence-corrected chi connectivity index (χ3v) is 2.35. The molecular weight excluding hydrogens is 188 g/mol. The monoisotopic (exact) mass is 218 g/mol. The van der Waals surface area contributed by atoms with Crippen LogP contribution in [-0.4, -0.2) is 50.8 Å². The third kappa shape index (κ3) is 7.77. The van der Waals surface area contributed by atoms with Crippen molar-refractivity contribution in [1.82, 2.24) is 10.2 Å². The van der Waals surface area contributed by atoms with Crippen LogP contribution in [0.1, 0.15) is 34.6 Å². The van der Waals surface area contributed by atoms with Crippen LogP contribution < -0.4 is 5.32 Å². The minimum atomic E-state index is 0.317. The van der Waals surface area contributed by atoms with Gasteiger partial charge in [-0.25, -0.2) is 0 Å². The average molecular weight is 218 g/mol. The summed E-state index contributed by atoms with van der Waals surface area (Å²) in [6.07, 6.45) is 0.317. The summed E-state index contributed by atoms with van der Waals surface area (Å²) in [6, 6.07) is 0.499. The smallest absolute Gasteiger partial charge is 0.0708 e. The highest BCUT2D eigenvalue weighted by Gasteiger charge is 2.21. The SMILES string of the molecule is CC.CC.COC(C)C1CN(C)CCN1. The molecule has 1 rings (SSSR count). The van der Waals surface area contributed by atoms with Gasteiger partial charge in [-0.3, -0.25) is 0 Å². The zero-order chi connectivity index (χ0) is 12.3. The first-order valence-electron chi connectivity index (χ1n) is 6.18. The fourth-order valence-corrected chi connectivity index (χ4v) is 1.41. The van der Waals surface area contributed by atoms with E-state index in [-0.39, 0.29) is 0 Å². The molecule has 3 nitrogen and oxygen atoms in total. The molecule has 0 aromatic heterocycles. The van der Waals surface area contributed by atoms with Crippen LogP contribution in [-0.2, 0) is 4.74 Å². The zero-order valence-electron chi connectivity index (χ0n) is 11.6. The van der Waals surface area contributed by atoms with Crippen molar-refractivity contribution >= 4 is 0 Å². The lowest BCUT2D eigenvalue weighted by molar-refractivity contribution is 0.0580. The molecule has 2 unspecified atom stereocenters. The Morgan fingerprint density at radius 2 is 1.80 bits per heavy atom. The Morgan fingerprint density at radius 1 is 1.27 bits per heavy atom. The van der Waals surface area contributed by atoms with Crippen molar-refractivity contribution in [1.29, 1.82) is 0 Å². The summed E-state index contributed by atoms with van der Waals surface area (Å²) < 4.78 is 5.25. The fraction of sp³-hybridized carbons (Fsp3) is 1.00. The summed E-state index contributed by atoms with van der Waals surface area (Å²) in [5, 5.41) is 3.43. The standard InChI is InChI=1S/C8H18N2O.2C2H6/c1-7(11-3)8-6-10(2)5-4-9-8;2*1-2/h7-9H,4-6H2,1-3H3;2*1-2H3. The number of piperazine rings is 1. The van der Waals surface area contributed by atoms with Gasteiger partial charge in [0.05, 0.1) is 6.10 Å². The van der Waals surface area contributed by atoms with Crippen LogP contribution in [0.5, 0.6) is 0 Å². The average Bonchev–Trinajstić information content (AvgIpc) is 2.33. The maximum absolute atomic E-state index is 5.25. The number of nitrogens with zero attached hydrogens (tertiary/aromatic N) is 1. The number of rotatable bonds is 2. The highest BCUT2D eigenvalue weighted by molar-refractivity contribution is 4.81. The molecule has 94 valence electrons. The Hall–Kier alpha value is -0.120. The van der Waals surface area contributed by atoms with Crippen LogP contribution in [0.25, 0.3) is 0 Å². The molecule has 15 heavy (non-hydrogen) atoms. The molecule has 3 heteroatoms. The Labute approximate surface area is 96.2 Å². The zero-order valence-corrected chi connectivity index (χ0v) is 11.6. The van der Waals surface area contributed by atoms with Gasteiger partial charge in [-0.05, 0) is 14.0 Å². The quantitative estimate of drug-likeness (QED) is 0.767. The lowest BCUT2D eigenvalue weighted by Gasteiger charge is -2.33. The van der Waals surface area contributed by atoms with E-state index in [0.717, 1.165) is 19.6 Å². The molecule has 1 heterocycles. The van der Waals surface area contributed by atoms with Crippen molar-refractivity contribution in [3.63, 3.8) is 0 Å². The molecule has 0 aliphatic carbocycles. The fourth-order valence-electron chi connectivity index (χ4n) is 1.41. The lowest BCUT2D eigenvalue weighted by atomic mass is 10.1. The predicted molar refractivity (Wildman–Crippen MR) is 68.5 cm³/mol.